The minimum atomic E-state index is -0.261. The van der Waals surface area contributed by atoms with Gasteiger partial charge in [-0.15, -0.1) is 0 Å². The molecule has 1 aromatic rings. The number of nitrogen functional groups attached to an aromatic ring is 1. The van der Waals surface area contributed by atoms with Crippen LogP contribution < -0.4 is 11.1 Å². The third kappa shape index (κ3) is 2.35. The van der Waals surface area contributed by atoms with Gasteiger partial charge in [0.15, 0.2) is 0 Å². The van der Waals surface area contributed by atoms with Gasteiger partial charge in [0.05, 0.1) is 11.9 Å². The summed E-state index contributed by atoms with van der Waals surface area (Å²) < 4.78 is 2.13. The molecule has 1 amide bonds. The molecule has 0 spiro atoms. The zero-order chi connectivity index (χ0) is 10.7. The monoisotopic (exact) mass is 258 g/mol. The van der Waals surface area contributed by atoms with Crippen molar-refractivity contribution in [1.82, 2.24) is 15.1 Å². The number of halogens is 1. The van der Waals surface area contributed by atoms with Gasteiger partial charge < -0.3 is 11.1 Å². The van der Waals surface area contributed by atoms with Crippen molar-refractivity contribution >= 4 is 27.5 Å². The van der Waals surface area contributed by atoms with Gasteiger partial charge in [-0.3, -0.25) is 9.48 Å². The summed E-state index contributed by atoms with van der Waals surface area (Å²) in [6.07, 6.45) is 1.44. The molecule has 0 saturated heterocycles. The van der Waals surface area contributed by atoms with Gasteiger partial charge in [0.25, 0.3) is 5.91 Å². The maximum absolute atomic E-state index is 11.5. The van der Waals surface area contributed by atoms with Crippen molar-refractivity contribution in [1.29, 1.82) is 0 Å². The maximum atomic E-state index is 11.5. The van der Waals surface area contributed by atoms with E-state index < -0.39 is 0 Å². The number of aryl methyl sites for hydroxylation is 1. The first-order valence-corrected chi connectivity index (χ1v) is 4.70. The molecule has 14 heavy (non-hydrogen) atoms. The Bertz CT molecular complexity index is 352. The van der Waals surface area contributed by atoms with Crippen LogP contribution in [0.3, 0.4) is 0 Å². The summed E-state index contributed by atoms with van der Waals surface area (Å²) in [5.41, 5.74) is 6.30. The Balaban J connectivity index is 2.74. The summed E-state index contributed by atoms with van der Waals surface area (Å²) in [7, 11) is 1.66. The lowest BCUT2D eigenvalue weighted by Gasteiger charge is -2.04. The fourth-order valence-electron chi connectivity index (χ4n) is 0.992. The third-order valence-electron chi connectivity index (χ3n) is 1.62. The smallest absolute Gasteiger partial charge is 0.271 e. The Morgan fingerprint density at radius 1 is 1.86 bits per heavy atom. The second-order valence-corrected chi connectivity index (χ2v) is 3.89. The number of hydrogen-bond acceptors (Lipinski definition) is 3. The normalized spacial score (nSPS) is 9.86. The number of hydrogen-bond donors (Lipinski definition) is 2. The summed E-state index contributed by atoms with van der Waals surface area (Å²) in [5.74, 6) is -0.261. The van der Waals surface area contributed by atoms with Crippen LogP contribution in [-0.4, -0.2) is 22.2 Å². The summed E-state index contributed by atoms with van der Waals surface area (Å²) >= 11 is 3.14. The van der Waals surface area contributed by atoms with E-state index in [1.165, 1.54) is 10.9 Å². The van der Waals surface area contributed by atoms with Crippen molar-refractivity contribution < 1.29 is 4.79 Å². The summed E-state index contributed by atoms with van der Waals surface area (Å²) in [4.78, 5) is 11.5. The minimum absolute atomic E-state index is 0.261. The van der Waals surface area contributed by atoms with E-state index in [4.69, 9.17) is 5.73 Å². The zero-order valence-electron chi connectivity index (χ0n) is 7.75. The van der Waals surface area contributed by atoms with E-state index in [0.717, 1.165) is 0 Å². The molecule has 76 valence electrons. The highest BCUT2D eigenvalue weighted by Crippen LogP contribution is 2.09. The van der Waals surface area contributed by atoms with Crippen LogP contribution >= 0.6 is 15.9 Å². The summed E-state index contributed by atoms with van der Waals surface area (Å²) in [6.45, 7) is 3.97. The van der Waals surface area contributed by atoms with Gasteiger partial charge in [0, 0.05) is 18.1 Å². The highest BCUT2D eigenvalue weighted by molar-refractivity contribution is 9.11. The van der Waals surface area contributed by atoms with Crippen molar-refractivity contribution in [3.63, 3.8) is 0 Å². The molecular formula is C8H11BrN4O. The Morgan fingerprint density at radius 2 is 2.50 bits per heavy atom. The molecule has 6 heteroatoms. The average Bonchev–Trinajstić information content (AvgIpc) is 2.42. The maximum Gasteiger partial charge on any atom is 0.271 e. The molecule has 0 bridgehead atoms. The van der Waals surface area contributed by atoms with Crippen LogP contribution in [0.25, 0.3) is 0 Å². The van der Waals surface area contributed by atoms with Crippen LogP contribution in [0.1, 0.15) is 10.5 Å². The molecule has 0 unspecified atom stereocenters. The number of nitrogens with two attached hydrogens (primary N) is 1. The minimum Gasteiger partial charge on any atom is -0.396 e. The standard InChI is InChI=1S/C8H11BrN4O/c1-5(9)3-11-8(14)7-6(10)4-12-13(7)2/h4H,1,3,10H2,2H3,(H,11,14). The molecule has 1 rings (SSSR count). The molecule has 0 aromatic carbocycles. The number of aromatic nitrogens is 2. The van der Waals surface area contributed by atoms with Crippen molar-refractivity contribution in [2.75, 3.05) is 12.3 Å². The van der Waals surface area contributed by atoms with E-state index >= 15 is 0 Å². The lowest BCUT2D eigenvalue weighted by Crippen LogP contribution is -2.27. The summed E-state index contributed by atoms with van der Waals surface area (Å²) in [6, 6.07) is 0. The predicted octanol–water partition coefficient (Wildman–Crippen LogP) is 0.641. The van der Waals surface area contributed by atoms with Gasteiger partial charge in [-0.25, -0.2) is 0 Å². The van der Waals surface area contributed by atoms with E-state index in [1.807, 2.05) is 0 Å². The number of nitrogens with one attached hydrogen (secondary N) is 1. The number of nitrogens with zero attached hydrogens (tertiary/aromatic N) is 2. The van der Waals surface area contributed by atoms with Crippen molar-refractivity contribution in [3.8, 4) is 0 Å². The Labute approximate surface area is 90.1 Å². The van der Waals surface area contributed by atoms with E-state index in [1.54, 1.807) is 7.05 Å². The first kappa shape index (κ1) is 10.8. The number of anilines is 1. The molecule has 0 aliphatic heterocycles. The lowest BCUT2D eigenvalue weighted by molar-refractivity contribution is 0.0949. The van der Waals surface area contributed by atoms with Crippen molar-refractivity contribution in [2.45, 2.75) is 0 Å². The number of rotatable bonds is 3. The third-order valence-corrected chi connectivity index (χ3v) is 1.90. The molecule has 0 fully saturated rings. The van der Waals surface area contributed by atoms with Gasteiger partial charge in [-0.05, 0) is 0 Å². The fraction of sp³-hybridized carbons (Fsp3) is 0.250. The first-order chi connectivity index (χ1) is 6.52. The van der Waals surface area contributed by atoms with Gasteiger partial charge in [-0.2, -0.15) is 5.10 Å². The SMILES string of the molecule is C=C(Br)CNC(=O)c1c(N)cnn1C. The lowest BCUT2D eigenvalue weighted by atomic mass is 10.3. The second-order valence-electron chi connectivity index (χ2n) is 2.77. The van der Waals surface area contributed by atoms with E-state index in [2.05, 4.69) is 32.9 Å². The predicted molar refractivity (Wildman–Crippen MR) is 58.0 cm³/mol. The molecular weight excluding hydrogens is 248 g/mol. The molecule has 3 N–H and O–H groups in total. The Morgan fingerprint density at radius 3 is 2.93 bits per heavy atom. The Kier molecular flexibility index (Phi) is 3.29. The topological polar surface area (TPSA) is 72.9 Å². The molecule has 0 radical (unpaired) electrons. The number of carbonyl (C=O) groups excluding carboxylic acids is 1. The van der Waals surface area contributed by atoms with E-state index in [-0.39, 0.29) is 5.91 Å². The van der Waals surface area contributed by atoms with Crippen molar-refractivity contribution in [2.24, 2.45) is 7.05 Å². The second kappa shape index (κ2) is 4.28. The van der Waals surface area contributed by atoms with Gasteiger partial charge in [0.2, 0.25) is 0 Å². The molecule has 0 aliphatic rings. The Hall–Kier alpha value is -1.30. The quantitative estimate of drug-likeness (QED) is 0.836. The van der Waals surface area contributed by atoms with E-state index in [0.29, 0.717) is 22.4 Å². The molecule has 1 heterocycles. The van der Waals surface area contributed by atoms with Gasteiger partial charge in [0.1, 0.15) is 5.69 Å². The van der Waals surface area contributed by atoms with Crippen LogP contribution in [0.2, 0.25) is 0 Å². The van der Waals surface area contributed by atoms with Crippen LogP contribution in [0.4, 0.5) is 5.69 Å². The van der Waals surface area contributed by atoms with Gasteiger partial charge in [-0.1, -0.05) is 22.5 Å². The molecule has 0 saturated carbocycles. The van der Waals surface area contributed by atoms with Crippen LogP contribution in [0.5, 0.6) is 0 Å². The zero-order valence-corrected chi connectivity index (χ0v) is 9.34. The van der Waals surface area contributed by atoms with Crippen LogP contribution in [0.15, 0.2) is 17.3 Å². The van der Waals surface area contributed by atoms with Crippen molar-refractivity contribution in [3.05, 3.63) is 23.0 Å². The molecule has 1 aromatic heterocycles. The van der Waals surface area contributed by atoms with Gasteiger partial charge >= 0.3 is 0 Å². The summed E-state index contributed by atoms with van der Waals surface area (Å²) in [5, 5.41) is 6.50. The van der Waals surface area contributed by atoms with E-state index in [9.17, 15) is 4.79 Å². The molecule has 0 aliphatic carbocycles. The van der Waals surface area contributed by atoms with Crippen LogP contribution in [-0.2, 0) is 7.05 Å². The fourth-order valence-corrected chi connectivity index (χ4v) is 1.13. The average molecular weight is 259 g/mol. The number of amides is 1. The molecule has 0 atom stereocenters. The largest absolute Gasteiger partial charge is 0.396 e. The van der Waals surface area contributed by atoms with Crippen LogP contribution in [0, 0.1) is 0 Å². The highest BCUT2D eigenvalue weighted by Gasteiger charge is 2.13. The highest BCUT2D eigenvalue weighted by atomic mass is 79.9. The first-order valence-electron chi connectivity index (χ1n) is 3.91. The molecule has 5 nitrogen and oxygen atoms in total. The number of carbonyl (C=O) groups is 1.